The number of nitrogens with one attached hydrogen (secondary N) is 1. The number of rotatable bonds is 7. The predicted molar refractivity (Wildman–Crippen MR) is 157 cm³/mol. The van der Waals surface area contributed by atoms with E-state index in [9.17, 15) is 34.1 Å². The van der Waals surface area contributed by atoms with Gasteiger partial charge >= 0.3 is 0 Å². The monoisotopic (exact) mass is 597 g/mol. The molecule has 0 spiro atoms. The summed E-state index contributed by atoms with van der Waals surface area (Å²) in [5.41, 5.74) is 3.34. The number of nitriles is 1. The first-order valence-corrected chi connectivity index (χ1v) is 15.1. The molecule has 0 saturated carbocycles. The van der Waals surface area contributed by atoms with Crippen LogP contribution in [0.2, 0.25) is 0 Å². The summed E-state index contributed by atoms with van der Waals surface area (Å²) in [5, 5.41) is 51.7. The molecule has 1 aromatic heterocycles. The lowest BCUT2D eigenvalue weighted by molar-refractivity contribution is -0.251. The van der Waals surface area contributed by atoms with Crippen LogP contribution in [0.25, 0.3) is 28.1 Å². The predicted octanol–water partition coefficient (Wildman–Crippen LogP) is 0.181. The number of benzene rings is 2. The van der Waals surface area contributed by atoms with Crippen molar-refractivity contribution in [2.45, 2.75) is 30.6 Å². The number of anilines is 1. The van der Waals surface area contributed by atoms with Gasteiger partial charge in [-0.1, -0.05) is 18.2 Å². The van der Waals surface area contributed by atoms with Crippen LogP contribution in [0.1, 0.15) is 5.69 Å². The number of ether oxygens (including phenoxy) is 1. The molecule has 0 amide bonds. The highest BCUT2D eigenvalue weighted by Gasteiger charge is 2.45. The number of aliphatic hydroxyl groups is 4. The first-order chi connectivity index (χ1) is 20.0. The molecular formula is C29H35N5O7S. The lowest BCUT2D eigenvalue weighted by atomic mass is 9.98. The fourth-order valence-corrected chi connectivity index (χ4v) is 6.52. The Morgan fingerprint density at radius 2 is 1.71 bits per heavy atom. The van der Waals surface area contributed by atoms with E-state index in [1.807, 2.05) is 16.9 Å². The number of nitrogens with zero attached hydrogens (tertiary/aromatic N) is 4. The summed E-state index contributed by atoms with van der Waals surface area (Å²) in [7, 11) is -0.660. The van der Waals surface area contributed by atoms with Crippen molar-refractivity contribution < 1.29 is 33.6 Å². The maximum atomic E-state index is 13.0. The fourth-order valence-electron chi connectivity index (χ4n) is 5.39. The Balaban J connectivity index is 1.37. The molecular weight excluding hydrogens is 562 g/mol. The van der Waals surface area contributed by atoms with Crippen molar-refractivity contribution >= 4 is 32.6 Å². The Hall–Kier alpha value is -3.32. The van der Waals surface area contributed by atoms with Crippen molar-refractivity contribution in [2.24, 2.45) is 7.05 Å². The zero-order valence-corrected chi connectivity index (χ0v) is 24.1. The molecule has 42 heavy (non-hydrogen) atoms. The minimum atomic E-state index is -4.54. The SMILES string of the molecule is CN1CCN(c2ccc3cc(-c4ccc(/C=C(\C#N)S(=O)(=O)N[C@H]5C(O)O[C@H](CO)[C@@H](O)[C@@H]5O)n4C)ccc3c2)CC1. The van der Waals surface area contributed by atoms with Crippen molar-refractivity contribution in [3.8, 4) is 17.3 Å². The molecule has 0 aliphatic carbocycles. The lowest BCUT2D eigenvalue weighted by Crippen LogP contribution is -2.64. The van der Waals surface area contributed by atoms with Gasteiger partial charge in [-0.3, -0.25) is 0 Å². The third-order valence-corrected chi connectivity index (χ3v) is 9.39. The Labute approximate surface area is 244 Å². The highest BCUT2D eigenvalue weighted by atomic mass is 32.2. The summed E-state index contributed by atoms with van der Waals surface area (Å²) in [6.45, 7) is 3.33. The molecule has 224 valence electrons. The van der Waals surface area contributed by atoms with E-state index < -0.39 is 52.2 Å². The molecule has 13 heteroatoms. The molecule has 0 bridgehead atoms. The van der Waals surface area contributed by atoms with E-state index in [-0.39, 0.29) is 0 Å². The van der Waals surface area contributed by atoms with Gasteiger partial charge in [0.25, 0.3) is 10.0 Å². The molecule has 2 aromatic carbocycles. The zero-order chi connectivity index (χ0) is 30.2. The number of allylic oxidation sites excluding steroid dienone is 1. The molecule has 2 aliphatic heterocycles. The average Bonchev–Trinajstić information content (AvgIpc) is 3.35. The number of aromatic nitrogens is 1. The molecule has 1 unspecified atom stereocenters. The van der Waals surface area contributed by atoms with E-state index in [2.05, 4.69) is 47.2 Å². The summed E-state index contributed by atoms with van der Waals surface area (Å²) in [6.07, 6.45) is -5.41. The van der Waals surface area contributed by atoms with Gasteiger partial charge in [0.1, 0.15) is 30.4 Å². The molecule has 5 N–H and O–H groups in total. The van der Waals surface area contributed by atoms with Gasteiger partial charge in [-0.15, -0.1) is 0 Å². The first-order valence-electron chi connectivity index (χ1n) is 13.6. The quantitative estimate of drug-likeness (QED) is 0.237. The topological polar surface area (TPSA) is 172 Å². The third kappa shape index (κ3) is 5.94. The minimum absolute atomic E-state index is 0.429. The van der Waals surface area contributed by atoms with Gasteiger partial charge in [-0.2, -0.15) is 9.98 Å². The van der Waals surface area contributed by atoms with Gasteiger partial charge in [0.05, 0.1) is 6.61 Å². The second-order valence-corrected chi connectivity index (χ2v) is 12.4. The number of fused-ring (bicyclic) bond motifs is 1. The maximum absolute atomic E-state index is 13.0. The molecule has 12 nitrogen and oxygen atoms in total. The van der Waals surface area contributed by atoms with Crippen LogP contribution in [0.3, 0.4) is 0 Å². The van der Waals surface area contributed by atoms with Crippen LogP contribution in [0.15, 0.2) is 53.4 Å². The van der Waals surface area contributed by atoms with Crippen LogP contribution in [0.5, 0.6) is 0 Å². The fraction of sp³-hybridized carbons (Fsp3) is 0.414. The van der Waals surface area contributed by atoms with Crippen molar-refractivity contribution in [1.82, 2.24) is 14.2 Å². The van der Waals surface area contributed by atoms with E-state index in [1.54, 1.807) is 23.8 Å². The van der Waals surface area contributed by atoms with Crippen LogP contribution in [-0.2, 0) is 21.8 Å². The van der Waals surface area contributed by atoms with E-state index in [0.29, 0.717) is 5.69 Å². The Bertz CT molecular complexity index is 1620. The highest BCUT2D eigenvalue weighted by Crippen LogP contribution is 2.30. The third-order valence-electron chi connectivity index (χ3n) is 8.02. The van der Waals surface area contributed by atoms with E-state index >= 15 is 0 Å². The van der Waals surface area contributed by atoms with E-state index in [4.69, 9.17) is 4.74 Å². The number of piperazine rings is 1. The largest absolute Gasteiger partial charge is 0.394 e. The molecule has 5 rings (SSSR count). The molecule has 2 fully saturated rings. The number of likely N-dealkylation sites (N-methyl/N-ethyl adjacent to an activating group) is 1. The lowest BCUT2D eigenvalue weighted by Gasteiger charge is -2.40. The van der Waals surface area contributed by atoms with Crippen LogP contribution in [-0.4, -0.2) is 109 Å². The van der Waals surface area contributed by atoms with Gasteiger partial charge in [0.15, 0.2) is 11.2 Å². The van der Waals surface area contributed by atoms with Gasteiger partial charge in [-0.25, -0.2) is 8.42 Å². The molecule has 3 heterocycles. The summed E-state index contributed by atoms with van der Waals surface area (Å²) < 4.78 is 34.9. The van der Waals surface area contributed by atoms with Crippen LogP contribution >= 0.6 is 0 Å². The van der Waals surface area contributed by atoms with Gasteiger partial charge in [0, 0.05) is 50.3 Å². The van der Waals surface area contributed by atoms with Gasteiger partial charge in [0.2, 0.25) is 0 Å². The first kappa shape index (κ1) is 30.1. The van der Waals surface area contributed by atoms with Crippen LogP contribution < -0.4 is 9.62 Å². The van der Waals surface area contributed by atoms with E-state index in [1.165, 1.54) is 11.8 Å². The van der Waals surface area contributed by atoms with Crippen molar-refractivity contribution in [3.63, 3.8) is 0 Å². The van der Waals surface area contributed by atoms with Crippen molar-refractivity contribution in [2.75, 3.05) is 44.7 Å². The summed E-state index contributed by atoms with van der Waals surface area (Å²) in [5.74, 6) is 0. The smallest absolute Gasteiger partial charge is 0.251 e. The number of hydrogen-bond donors (Lipinski definition) is 5. The second-order valence-electron chi connectivity index (χ2n) is 10.7. The average molecular weight is 598 g/mol. The van der Waals surface area contributed by atoms with Gasteiger partial charge in [-0.05, 0) is 59.8 Å². The minimum Gasteiger partial charge on any atom is -0.394 e. The van der Waals surface area contributed by atoms with Crippen LogP contribution in [0.4, 0.5) is 5.69 Å². The molecule has 0 radical (unpaired) electrons. The van der Waals surface area contributed by atoms with Crippen molar-refractivity contribution in [3.05, 3.63) is 59.1 Å². The second kappa shape index (κ2) is 12.1. The van der Waals surface area contributed by atoms with E-state index in [0.717, 1.165) is 48.2 Å². The normalized spacial score (nSPS) is 26.0. The number of sulfonamides is 1. The molecule has 3 aromatic rings. The van der Waals surface area contributed by atoms with Crippen molar-refractivity contribution in [1.29, 1.82) is 5.26 Å². The Morgan fingerprint density at radius 1 is 1.02 bits per heavy atom. The number of hydrogen-bond acceptors (Lipinski definition) is 10. The molecule has 5 atom stereocenters. The standard InChI is InChI=1S/C29H35N5O7S/c1-32-9-11-34(12-10-32)22-6-5-18-13-20(4-3-19(18)14-22)24-8-7-21(33(24)2)15-23(16-30)42(39,40)31-26-28(37)27(36)25(17-35)41-29(26)38/h3-8,13-15,25-29,31,35-38H,9-12,17H2,1-2H3/b23-15+/t25-,26-,27-,28-,29?/m1/s1. The van der Waals surface area contributed by atoms with Crippen LogP contribution in [0, 0.1) is 11.3 Å². The number of aliphatic hydroxyl groups excluding tert-OH is 4. The summed E-state index contributed by atoms with van der Waals surface area (Å²) >= 11 is 0. The van der Waals surface area contributed by atoms with Gasteiger partial charge < -0.3 is 39.5 Å². The Morgan fingerprint density at radius 3 is 2.40 bits per heavy atom. The zero-order valence-electron chi connectivity index (χ0n) is 23.3. The maximum Gasteiger partial charge on any atom is 0.251 e. The summed E-state index contributed by atoms with van der Waals surface area (Å²) in [6, 6.07) is 16.0. The highest BCUT2D eigenvalue weighted by molar-refractivity contribution is 7.93. The molecule has 2 aliphatic rings. The Kier molecular flexibility index (Phi) is 8.70. The summed E-state index contributed by atoms with van der Waals surface area (Å²) in [4.78, 5) is 4.04. The molecule has 2 saturated heterocycles.